The van der Waals surface area contributed by atoms with Crippen molar-refractivity contribution in [2.45, 2.75) is 6.04 Å². The normalized spacial score (nSPS) is 20.2. The molecule has 2 saturated heterocycles. The molecule has 3 aromatic heterocycles. The van der Waals surface area contributed by atoms with Gasteiger partial charge in [-0.15, -0.1) is 0 Å². The summed E-state index contributed by atoms with van der Waals surface area (Å²) in [7, 11) is 0. The Morgan fingerprint density at radius 2 is 2.00 bits per heavy atom. The molecule has 1 N–H and O–H groups in total. The number of hydrogen-bond donors (Lipinski definition) is 1. The average Bonchev–Trinajstić information content (AvgIpc) is 3.23. The number of piperazine rings is 2. The van der Waals surface area contributed by atoms with E-state index in [1.165, 1.54) is 0 Å². The number of aromatic amines is 1. The van der Waals surface area contributed by atoms with Gasteiger partial charge in [0.25, 0.3) is 0 Å². The molecule has 0 saturated carbocycles. The monoisotopic (exact) mass is 374 g/mol. The van der Waals surface area contributed by atoms with Gasteiger partial charge in [-0.1, -0.05) is 0 Å². The van der Waals surface area contributed by atoms with Gasteiger partial charge in [-0.05, 0) is 23.8 Å². The van der Waals surface area contributed by atoms with Crippen molar-refractivity contribution in [3.8, 4) is 17.3 Å². The Hall–Kier alpha value is -3.51. The minimum absolute atomic E-state index is 0.00702. The number of H-pyrrole nitrogens is 1. The van der Waals surface area contributed by atoms with Crippen LogP contribution in [0.15, 0.2) is 36.8 Å². The topological polar surface area (TPSA) is 105 Å². The highest BCUT2D eigenvalue weighted by atomic mass is 16.2. The lowest BCUT2D eigenvalue weighted by Gasteiger charge is -2.44. The third-order valence-corrected chi connectivity index (χ3v) is 5.48. The number of nitriles is 1. The van der Waals surface area contributed by atoms with Gasteiger partial charge in [-0.2, -0.15) is 10.4 Å². The van der Waals surface area contributed by atoms with Crippen molar-refractivity contribution in [1.82, 2.24) is 30.0 Å². The lowest BCUT2D eigenvalue weighted by Crippen LogP contribution is -2.64. The summed E-state index contributed by atoms with van der Waals surface area (Å²) in [6, 6.07) is 5.48. The van der Waals surface area contributed by atoms with Crippen molar-refractivity contribution in [2.75, 3.05) is 37.6 Å². The summed E-state index contributed by atoms with van der Waals surface area (Å²) in [5.41, 5.74) is 2.66. The lowest BCUT2D eigenvalue weighted by molar-refractivity contribution is -0.127. The third kappa shape index (κ3) is 2.66. The number of rotatable bonds is 2. The molecule has 2 aliphatic rings. The predicted octanol–water partition coefficient (Wildman–Crippen LogP) is 0.834. The zero-order chi connectivity index (χ0) is 19.1. The summed E-state index contributed by atoms with van der Waals surface area (Å²) < 4.78 is 0. The van der Waals surface area contributed by atoms with Crippen molar-refractivity contribution in [1.29, 1.82) is 5.26 Å². The van der Waals surface area contributed by atoms with Crippen molar-refractivity contribution >= 4 is 22.8 Å². The van der Waals surface area contributed by atoms with Gasteiger partial charge >= 0.3 is 0 Å². The molecular formula is C19H18N8O. The average molecular weight is 374 g/mol. The van der Waals surface area contributed by atoms with E-state index in [4.69, 9.17) is 5.26 Å². The smallest absolute Gasteiger partial charge is 0.247 e. The number of aromatic nitrogens is 4. The molecule has 0 aromatic carbocycles. The van der Waals surface area contributed by atoms with Crippen LogP contribution < -0.4 is 4.90 Å². The van der Waals surface area contributed by atoms with Gasteiger partial charge in [0.15, 0.2) is 11.8 Å². The molecule has 1 atom stereocenters. The number of pyridine rings is 2. The Bertz CT molecular complexity index is 1070. The van der Waals surface area contributed by atoms with Gasteiger partial charge in [0.1, 0.15) is 11.9 Å². The number of nitrogens with one attached hydrogen (secondary N) is 1. The molecule has 0 aliphatic carbocycles. The van der Waals surface area contributed by atoms with Crippen molar-refractivity contribution in [2.24, 2.45) is 0 Å². The predicted molar refractivity (Wildman–Crippen MR) is 102 cm³/mol. The third-order valence-electron chi connectivity index (χ3n) is 5.48. The largest absolute Gasteiger partial charge is 0.307 e. The van der Waals surface area contributed by atoms with E-state index in [0.717, 1.165) is 35.2 Å². The SMILES string of the molecule is N#CN1CCN2CCN(c3ccc(-c4ccnc5[nH]ncc45)cn3)C(=O)C2C1. The summed E-state index contributed by atoms with van der Waals surface area (Å²) in [6.45, 7) is 3.27. The van der Waals surface area contributed by atoms with Gasteiger partial charge in [0, 0.05) is 49.5 Å². The molecule has 5 rings (SSSR count). The fourth-order valence-corrected chi connectivity index (χ4v) is 3.97. The first-order valence-corrected chi connectivity index (χ1v) is 9.19. The maximum atomic E-state index is 13.0. The highest BCUT2D eigenvalue weighted by molar-refractivity contribution is 5.98. The second kappa shape index (κ2) is 6.58. The van der Waals surface area contributed by atoms with E-state index in [-0.39, 0.29) is 11.9 Å². The Morgan fingerprint density at radius 3 is 2.82 bits per heavy atom. The summed E-state index contributed by atoms with van der Waals surface area (Å²) in [6.07, 6.45) is 7.42. The second-order valence-corrected chi connectivity index (χ2v) is 6.98. The summed E-state index contributed by atoms with van der Waals surface area (Å²) in [5.74, 6) is 0.646. The van der Waals surface area contributed by atoms with Gasteiger partial charge < -0.3 is 4.90 Å². The highest BCUT2D eigenvalue weighted by Crippen LogP contribution is 2.28. The molecule has 0 spiro atoms. The van der Waals surface area contributed by atoms with Crippen LogP contribution in [0.25, 0.3) is 22.2 Å². The second-order valence-electron chi connectivity index (χ2n) is 6.98. The number of fused-ring (bicyclic) bond motifs is 2. The molecule has 28 heavy (non-hydrogen) atoms. The first-order chi connectivity index (χ1) is 13.7. The van der Waals surface area contributed by atoms with E-state index in [0.29, 0.717) is 25.5 Å². The summed E-state index contributed by atoms with van der Waals surface area (Å²) >= 11 is 0. The summed E-state index contributed by atoms with van der Waals surface area (Å²) in [4.78, 5) is 27.4. The highest BCUT2D eigenvalue weighted by Gasteiger charge is 2.39. The molecule has 9 heteroatoms. The zero-order valence-corrected chi connectivity index (χ0v) is 15.1. The molecule has 2 fully saturated rings. The van der Waals surface area contributed by atoms with E-state index >= 15 is 0 Å². The molecule has 1 amide bonds. The minimum Gasteiger partial charge on any atom is -0.307 e. The number of hydrogen-bond acceptors (Lipinski definition) is 7. The summed E-state index contributed by atoms with van der Waals surface area (Å²) in [5, 5.41) is 17.0. The molecule has 1 unspecified atom stereocenters. The van der Waals surface area contributed by atoms with Gasteiger partial charge in [0.2, 0.25) is 5.91 Å². The van der Waals surface area contributed by atoms with Gasteiger partial charge in [0.05, 0.1) is 12.7 Å². The van der Waals surface area contributed by atoms with E-state index in [1.807, 2.05) is 18.2 Å². The van der Waals surface area contributed by atoms with Gasteiger partial charge in [-0.3, -0.25) is 19.7 Å². The van der Waals surface area contributed by atoms with Gasteiger partial charge in [-0.25, -0.2) is 9.97 Å². The fraction of sp³-hybridized carbons (Fsp3) is 0.316. The quantitative estimate of drug-likeness (QED) is 0.663. The fourth-order valence-electron chi connectivity index (χ4n) is 3.97. The standard InChI is InChI=1S/C19H18N8O/c20-12-25-5-6-26-7-8-27(19(28)16(26)11-25)17-2-1-13(9-22-17)14-3-4-21-18-15(14)10-23-24-18/h1-4,9-10,16H,5-8,11H2,(H,21,23,24). The number of amides is 1. The maximum absolute atomic E-state index is 13.0. The van der Waals surface area contributed by atoms with E-state index < -0.39 is 0 Å². The van der Waals surface area contributed by atoms with Crippen LogP contribution in [-0.4, -0.2) is 74.6 Å². The number of nitrogens with zero attached hydrogens (tertiary/aromatic N) is 7. The van der Waals surface area contributed by atoms with Crippen LogP contribution in [0.3, 0.4) is 0 Å². The van der Waals surface area contributed by atoms with Crippen LogP contribution in [0, 0.1) is 11.5 Å². The molecular weight excluding hydrogens is 356 g/mol. The number of carbonyl (C=O) groups is 1. The molecule has 3 aromatic rings. The van der Waals surface area contributed by atoms with Crippen molar-refractivity contribution in [3.05, 3.63) is 36.8 Å². The Labute approximate surface area is 161 Å². The van der Waals surface area contributed by atoms with Crippen LogP contribution in [0.4, 0.5) is 5.82 Å². The molecule has 0 bridgehead atoms. The Kier molecular flexibility index (Phi) is 3.91. The first kappa shape index (κ1) is 16.6. The Balaban J connectivity index is 1.41. The molecule has 5 heterocycles. The van der Waals surface area contributed by atoms with Crippen LogP contribution in [0.2, 0.25) is 0 Å². The molecule has 140 valence electrons. The molecule has 9 nitrogen and oxygen atoms in total. The Morgan fingerprint density at radius 1 is 1.11 bits per heavy atom. The molecule has 0 radical (unpaired) electrons. The first-order valence-electron chi connectivity index (χ1n) is 9.19. The minimum atomic E-state index is -0.283. The van der Waals surface area contributed by atoms with Crippen molar-refractivity contribution in [3.63, 3.8) is 0 Å². The maximum Gasteiger partial charge on any atom is 0.247 e. The number of anilines is 1. The molecule has 2 aliphatic heterocycles. The lowest BCUT2D eigenvalue weighted by atomic mass is 10.1. The van der Waals surface area contributed by atoms with Crippen LogP contribution >= 0.6 is 0 Å². The van der Waals surface area contributed by atoms with Crippen molar-refractivity contribution < 1.29 is 4.79 Å². The van der Waals surface area contributed by atoms with Crippen LogP contribution in [0.5, 0.6) is 0 Å². The van der Waals surface area contributed by atoms with Crippen LogP contribution in [0.1, 0.15) is 0 Å². The van der Waals surface area contributed by atoms with E-state index in [1.54, 1.807) is 28.4 Å². The number of carbonyl (C=O) groups excluding carboxylic acids is 1. The van der Waals surface area contributed by atoms with E-state index in [9.17, 15) is 4.79 Å². The zero-order valence-electron chi connectivity index (χ0n) is 15.1. The van der Waals surface area contributed by atoms with E-state index in [2.05, 4.69) is 31.3 Å². The van der Waals surface area contributed by atoms with Crippen LogP contribution in [-0.2, 0) is 4.79 Å².